The van der Waals surface area contributed by atoms with Crippen LogP contribution in [0.4, 0.5) is 4.39 Å². The minimum atomic E-state index is -0.512. The summed E-state index contributed by atoms with van der Waals surface area (Å²) in [4.78, 5) is 11.3. The molecule has 0 radical (unpaired) electrons. The van der Waals surface area contributed by atoms with E-state index in [-0.39, 0.29) is 5.41 Å². The number of pyridine rings is 2. The van der Waals surface area contributed by atoms with Crippen molar-refractivity contribution in [3.05, 3.63) is 59.2 Å². The maximum Gasteiger partial charge on any atom is 0.140 e. The van der Waals surface area contributed by atoms with E-state index in [2.05, 4.69) is 41.4 Å². The first-order valence-corrected chi connectivity index (χ1v) is 9.14. The van der Waals surface area contributed by atoms with Gasteiger partial charge in [-0.05, 0) is 42.8 Å². The van der Waals surface area contributed by atoms with Gasteiger partial charge in [-0.2, -0.15) is 0 Å². The fourth-order valence-corrected chi connectivity index (χ4v) is 4.39. The molecule has 26 heavy (non-hydrogen) atoms. The van der Waals surface area contributed by atoms with Gasteiger partial charge in [-0.15, -0.1) is 0 Å². The highest BCUT2D eigenvalue weighted by molar-refractivity contribution is 5.83. The Labute approximate surface area is 153 Å². The van der Waals surface area contributed by atoms with Gasteiger partial charge in [0.25, 0.3) is 0 Å². The minimum Gasteiger partial charge on any atom is -0.328 e. The number of fused-ring (bicyclic) bond motifs is 3. The van der Waals surface area contributed by atoms with Gasteiger partial charge in [0.1, 0.15) is 12.3 Å². The average Bonchev–Trinajstić information content (AvgIpc) is 2.94. The summed E-state index contributed by atoms with van der Waals surface area (Å²) < 4.78 is 15.1. The summed E-state index contributed by atoms with van der Waals surface area (Å²) in [7, 11) is 2.18. The summed E-state index contributed by atoms with van der Waals surface area (Å²) >= 11 is 0. The maximum atomic E-state index is 12.7. The molecule has 0 spiro atoms. The highest BCUT2D eigenvalue weighted by Gasteiger charge is 2.35. The molecule has 4 rings (SSSR count). The van der Waals surface area contributed by atoms with Crippen LogP contribution in [0.25, 0.3) is 11.0 Å². The summed E-state index contributed by atoms with van der Waals surface area (Å²) in [5.74, 6) is 0. The number of halogens is 1. The molecule has 0 aromatic carbocycles. The van der Waals surface area contributed by atoms with E-state index >= 15 is 0 Å². The average molecular weight is 352 g/mol. The molecule has 0 aliphatic carbocycles. The first kappa shape index (κ1) is 17.2. The lowest BCUT2D eigenvalue weighted by atomic mass is 9.82. The second kappa shape index (κ2) is 6.47. The third-order valence-electron chi connectivity index (χ3n) is 5.30. The van der Waals surface area contributed by atoms with Crippen LogP contribution in [0.3, 0.4) is 0 Å². The van der Waals surface area contributed by atoms with Crippen LogP contribution >= 0.6 is 0 Å². The Balaban J connectivity index is 1.74. The zero-order chi connectivity index (χ0) is 18.3. The zero-order valence-electron chi connectivity index (χ0n) is 15.7. The first-order valence-electron chi connectivity index (χ1n) is 9.14. The Morgan fingerprint density at radius 1 is 1.19 bits per heavy atom. The van der Waals surface area contributed by atoms with Crippen molar-refractivity contribution in [1.29, 1.82) is 0 Å². The van der Waals surface area contributed by atoms with Crippen LogP contribution in [-0.4, -0.2) is 33.0 Å². The van der Waals surface area contributed by atoms with Crippen molar-refractivity contribution in [3.8, 4) is 0 Å². The summed E-state index contributed by atoms with van der Waals surface area (Å²) in [5, 5.41) is 1.26. The molecule has 0 unspecified atom stereocenters. The van der Waals surface area contributed by atoms with Crippen LogP contribution in [0.5, 0.6) is 0 Å². The lowest BCUT2D eigenvalue weighted by Crippen LogP contribution is -2.41. The molecule has 3 aromatic heterocycles. The second-order valence-corrected chi connectivity index (χ2v) is 7.95. The van der Waals surface area contributed by atoms with Crippen LogP contribution in [0, 0.1) is 0 Å². The van der Waals surface area contributed by atoms with Gasteiger partial charge in [0.2, 0.25) is 0 Å². The van der Waals surface area contributed by atoms with E-state index in [0.29, 0.717) is 5.69 Å². The van der Waals surface area contributed by atoms with E-state index in [9.17, 15) is 4.39 Å². The van der Waals surface area contributed by atoms with Gasteiger partial charge in [0, 0.05) is 48.5 Å². The van der Waals surface area contributed by atoms with Gasteiger partial charge in [0.05, 0.1) is 5.69 Å². The third-order valence-corrected chi connectivity index (χ3v) is 5.30. The highest BCUT2D eigenvalue weighted by Crippen LogP contribution is 2.38. The molecule has 4 heterocycles. The molecule has 3 aromatic rings. The van der Waals surface area contributed by atoms with Crippen molar-refractivity contribution >= 4 is 11.0 Å². The molecule has 0 bridgehead atoms. The Bertz CT molecular complexity index is 927. The van der Waals surface area contributed by atoms with E-state index in [4.69, 9.17) is 4.98 Å². The van der Waals surface area contributed by atoms with E-state index < -0.39 is 6.67 Å². The molecule has 1 aliphatic heterocycles. The number of aromatic nitrogens is 3. The number of hydrogen-bond donors (Lipinski definition) is 0. The fourth-order valence-electron chi connectivity index (χ4n) is 4.39. The Hall–Kier alpha value is -2.27. The van der Waals surface area contributed by atoms with Gasteiger partial charge in [0.15, 0.2) is 0 Å². The summed E-state index contributed by atoms with van der Waals surface area (Å²) in [5.41, 5.74) is 5.55. The molecule has 0 atom stereocenters. The lowest BCUT2D eigenvalue weighted by Gasteiger charge is -2.37. The maximum absolute atomic E-state index is 12.7. The Morgan fingerprint density at radius 3 is 2.77 bits per heavy atom. The van der Waals surface area contributed by atoms with Crippen molar-refractivity contribution in [2.24, 2.45) is 0 Å². The molecule has 4 nitrogen and oxygen atoms in total. The van der Waals surface area contributed by atoms with Crippen LogP contribution in [-0.2, 0) is 31.6 Å². The predicted octanol–water partition coefficient (Wildman–Crippen LogP) is 3.87. The number of aryl methyl sites for hydroxylation is 2. The number of rotatable bonds is 4. The first-order chi connectivity index (χ1) is 12.5. The van der Waals surface area contributed by atoms with Gasteiger partial charge < -0.3 is 9.47 Å². The predicted molar refractivity (Wildman–Crippen MR) is 102 cm³/mol. The Morgan fingerprint density at radius 2 is 2.04 bits per heavy atom. The molecule has 0 saturated heterocycles. The lowest BCUT2D eigenvalue weighted by molar-refractivity contribution is 0.228. The van der Waals surface area contributed by atoms with Crippen LogP contribution in [0.15, 0.2) is 36.7 Å². The van der Waals surface area contributed by atoms with E-state index in [1.54, 1.807) is 12.3 Å². The second-order valence-electron chi connectivity index (χ2n) is 7.95. The molecule has 136 valence electrons. The van der Waals surface area contributed by atoms with Gasteiger partial charge in [-0.3, -0.25) is 4.98 Å². The SMILES string of the molecule is CN1Cc2c(n(CCc3ccc(CF)nc3)c3ncccc23)C(C)(C)C1. The molecule has 0 amide bonds. The van der Waals surface area contributed by atoms with Crippen LogP contribution < -0.4 is 0 Å². The van der Waals surface area contributed by atoms with Gasteiger partial charge in [-0.25, -0.2) is 9.37 Å². The number of alkyl halides is 1. The van der Waals surface area contributed by atoms with Crippen LogP contribution in [0.2, 0.25) is 0 Å². The van der Waals surface area contributed by atoms with Gasteiger partial charge >= 0.3 is 0 Å². The Kier molecular flexibility index (Phi) is 4.27. The molecular weight excluding hydrogens is 327 g/mol. The van der Waals surface area contributed by atoms with Crippen molar-refractivity contribution in [1.82, 2.24) is 19.4 Å². The quantitative estimate of drug-likeness (QED) is 0.715. The van der Waals surface area contributed by atoms with E-state index in [0.717, 1.165) is 37.3 Å². The largest absolute Gasteiger partial charge is 0.328 e. The molecule has 0 N–H and O–H groups in total. The highest BCUT2D eigenvalue weighted by atomic mass is 19.1. The minimum absolute atomic E-state index is 0.0688. The van der Waals surface area contributed by atoms with Crippen LogP contribution in [0.1, 0.15) is 36.4 Å². The summed E-state index contributed by atoms with van der Waals surface area (Å²) in [6, 6.07) is 7.96. The monoisotopic (exact) mass is 352 g/mol. The smallest absolute Gasteiger partial charge is 0.140 e. The molecule has 0 fully saturated rings. The summed E-state index contributed by atoms with van der Waals surface area (Å²) in [6.45, 7) is 6.96. The standard InChI is InChI=1S/C21H25FN4/c1-21(2)14-25(3)13-18-17-5-4-9-23-20(17)26(19(18)21)10-8-15-6-7-16(11-22)24-12-15/h4-7,9,12H,8,10-11,13-14H2,1-3H3. The zero-order valence-corrected chi connectivity index (χ0v) is 15.7. The summed E-state index contributed by atoms with van der Waals surface area (Å²) in [6.07, 6.45) is 4.52. The fraction of sp³-hybridized carbons (Fsp3) is 0.429. The molecule has 0 saturated carbocycles. The van der Waals surface area contributed by atoms with Crippen molar-refractivity contribution in [2.75, 3.05) is 13.6 Å². The van der Waals surface area contributed by atoms with E-state index in [1.807, 2.05) is 18.3 Å². The van der Waals surface area contributed by atoms with Crippen molar-refractivity contribution < 1.29 is 4.39 Å². The third kappa shape index (κ3) is 2.90. The number of hydrogen-bond acceptors (Lipinski definition) is 3. The van der Waals surface area contributed by atoms with Crippen molar-refractivity contribution in [3.63, 3.8) is 0 Å². The van der Waals surface area contributed by atoms with Gasteiger partial charge in [-0.1, -0.05) is 19.9 Å². The number of likely N-dealkylation sites (N-methyl/N-ethyl adjacent to an activating group) is 1. The normalized spacial score (nSPS) is 16.8. The van der Waals surface area contributed by atoms with Crippen molar-refractivity contribution in [2.45, 2.75) is 45.4 Å². The topological polar surface area (TPSA) is 34.0 Å². The molecule has 1 aliphatic rings. The molecule has 5 heteroatoms. The number of nitrogens with zero attached hydrogens (tertiary/aromatic N) is 4. The van der Waals surface area contributed by atoms with E-state index in [1.165, 1.54) is 16.6 Å². The molecular formula is C21H25FN4.